The smallest absolute Gasteiger partial charge is 0.306 e. The molecule has 0 fully saturated rings. The molecule has 0 rings (SSSR count). The summed E-state index contributed by atoms with van der Waals surface area (Å²) in [7, 11) is 0. The van der Waals surface area contributed by atoms with Crippen molar-refractivity contribution in [1.29, 1.82) is 0 Å². The lowest BCUT2D eigenvalue weighted by atomic mass is 10.0. The number of esters is 3. The van der Waals surface area contributed by atoms with Gasteiger partial charge in [-0.2, -0.15) is 0 Å². The predicted molar refractivity (Wildman–Crippen MR) is 293 cm³/mol. The second-order valence-corrected chi connectivity index (χ2v) is 20.6. The molecule has 6 nitrogen and oxygen atoms in total. The molecule has 0 unspecified atom stereocenters. The lowest BCUT2D eigenvalue weighted by Gasteiger charge is -2.18. The van der Waals surface area contributed by atoms with Gasteiger partial charge in [-0.05, 0) is 70.6 Å². The molecule has 0 heterocycles. The van der Waals surface area contributed by atoms with E-state index in [1.54, 1.807) is 0 Å². The van der Waals surface area contributed by atoms with E-state index >= 15 is 0 Å². The summed E-state index contributed by atoms with van der Waals surface area (Å²) in [6, 6.07) is 0. The minimum atomic E-state index is -0.773. The van der Waals surface area contributed by atoms with Crippen LogP contribution in [0, 0.1) is 0 Å². The maximum Gasteiger partial charge on any atom is 0.306 e. The Morgan fingerprint density at radius 2 is 0.485 bits per heavy atom. The van der Waals surface area contributed by atoms with Crippen molar-refractivity contribution >= 4 is 17.9 Å². The van der Waals surface area contributed by atoms with Crippen LogP contribution in [0.15, 0.2) is 24.3 Å². The van der Waals surface area contributed by atoms with Crippen LogP contribution in [-0.2, 0) is 28.6 Å². The Hall–Kier alpha value is -2.11. The zero-order chi connectivity index (χ0) is 49.3. The van der Waals surface area contributed by atoms with Crippen molar-refractivity contribution in [2.45, 2.75) is 341 Å². The quantitative estimate of drug-likeness (QED) is 0.0262. The van der Waals surface area contributed by atoms with E-state index in [2.05, 4.69) is 45.1 Å². The molecule has 6 heteroatoms. The van der Waals surface area contributed by atoms with E-state index in [0.717, 1.165) is 64.2 Å². The molecule has 0 radical (unpaired) electrons. The molecule has 0 aliphatic carbocycles. The van der Waals surface area contributed by atoms with Crippen LogP contribution in [0.3, 0.4) is 0 Å². The van der Waals surface area contributed by atoms with Gasteiger partial charge in [-0.3, -0.25) is 14.4 Å². The van der Waals surface area contributed by atoms with Crippen LogP contribution in [-0.4, -0.2) is 37.2 Å². The van der Waals surface area contributed by atoms with Gasteiger partial charge in [-0.15, -0.1) is 0 Å². The monoisotopic (exact) mass is 957 g/mol. The fourth-order valence-electron chi connectivity index (χ4n) is 9.08. The second-order valence-electron chi connectivity index (χ2n) is 20.6. The zero-order valence-corrected chi connectivity index (χ0v) is 45.9. The minimum absolute atomic E-state index is 0.0718. The number of allylic oxidation sites excluding steroid dienone is 4. The molecule has 0 bridgehead atoms. The Morgan fingerprint density at radius 3 is 0.765 bits per heavy atom. The van der Waals surface area contributed by atoms with Gasteiger partial charge in [0, 0.05) is 19.3 Å². The highest BCUT2D eigenvalue weighted by molar-refractivity contribution is 5.71. The molecule has 0 aromatic heterocycles. The summed E-state index contributed by atoms with van der Waals surface area (Å²) in [4.78, 5) is 38.2. The molecule has 0 N–H and O–H groups in total. The number of carbonyl (C=O) groups is 3. The van der Waals surface area contributed by atoms with E-state index in [1.165, 1.54) is 231 Å². The van der Waals surface area contributed by atoms with E-state index in [4.69, 9.17) is 14.2 Å². The Kier molecular flexibility index (Phi) is 55.7. The van der Waals surface area contributed by atoms with Crippen LogP contribution in [0.1, 0.15) is 335 Å². The summed E-state index contributed by atoms with van der Waals surface area (Å²) in [6.07, 6.45) is 67.5. The molecular weight excluding hydrogens is 841 g/mol. The van der Waals surface area contributed by atoms with Gasteiger partial charge in [0.15, 0.2) is 6.10 Å². The van der Waals surface area contributed by atoms with Crippen LogP contribution >= 0.6 is 0 Å². The molecule has 0 aromatic carbocycles. The summed E-state index contributed by atoms with van der Waals surface area (Å²) >= 11 is 0. The summed E-state index contributed by atoms with van der Waals surface area (Å²) in [6.45, 7) is 6.66. The number of unbranched alkanes of at least 4 members (excludes halogenated alkanes) is 41. The Labute approximate surface area is 423 Å². The SMILES string of the molecule is CCCCC/C=C\CCCCCCCC(=O)OC[C@H](COC(=O)CCCCCCCCC/C=C\CCCCCCCCCC)OC(=O)CCCCCCCCCCCCCCCCCCCCC. The lowest BCUT2D eigenvalue weighted by Crippen LogP contribution is -2.30. The molecule has 0 aromatic rings. The summed E-state index contributed by atoms with van der Waals surface area (Å²) in [5, 5.41) is 0. The molecule has 0 amide bonds. The number of carbonyl (C=O) groups excluding carboxylic acids is 3. The fourth-order valence-corrected chi connectivity index (χ4v) is 9.08. The van der Waals surface area contributed by atoms with Gasteiger partial charge in [0.2, 0.25) is 0 Å². The zero-order valence-electron chi connectivity index (χ0n) is 45.9. The highest BCUT2D eigenvalue weighted by atomic mass is 16.6. The van der Waals surface area contributed by atoms with Crippen molar-refractivity contribution in [3.8, 4) is 0 Å². The van der Waals surface area contributed by atoms with Crippen molar-refractivity contribution < 1.29 is 28.6 Å². The molecule has 0 aliphatic heterocycles. The molecule has 0 saturated carbocycles. The maximum absolute atomic E-state index is 12.9. The van der Waals surface area contributed by atoms with Crippen molar-refractivity contribution in [1.82, 2.24) is 0 Å². The summed E-state index contributed by atoms with van der Waals surface area (Å²) < 4.78 is 16.9. The summed E-state index contributed by atoms with van der Waals surface area (Å²) in [5.41, 5.74) is 0. The van der Waals surface area contributed by atoms with Crippen LogP contribution in [0.4, 0.5) is 0 Å². The highest BCUT2D eigenvalue weighted by Gasteiger charge is 2.19. The standard InChI is InChI=1S/C62H116O6/c1-4-7-10-13-16-19-22-25-27-29-31-33-35-37-40-43-46-49-52-55-61(64)67-58-59(57-66-60(63)54-51-48-45-42-39-24-21-18-15-12-9-6-3)68-62(65)56-53-50-47-44-41-38-36-34-32-30-28-26-23-20-17-14-11-8-5-2/h18,21,29,31,59H,4-17,19-20,22-28,30,32-58H2,1-3H3/b21-18-,31-29-/t59-/m1/s1. The van der Waals surface area contributed by atoms with Crippen LogP contribution in [0.25, 0.3) is 0 Å². The molecule has 0 aliphatic rings. The third-order valence-corrected chi connectivity index (χ3v) is 13.7. The number of hydrogen-bond acceptors (Lipinski definition) is 6. The van der Waals surface area contributed by atoms with E-state index in [-0.39, 0.29) is 31.1 Å². The molecule has 1 atom stereocenters. The predicted octanol–water partition coefficient (Wildman–Crippen LogP) is 20.3. The van der Waals surface area contributed by atoms with Gasteiger partial charge in [0.25, 0.3) is 0 Å². The van der Waals surface area contributed by atoms with Crippen LogP contribution in [0.5, 0.6) is 0 Å². The number of rotatable bonds is 56. The Bertz CT molecular complexity index is 1100. The highest BCUT2D eigenvalue weighted by Crippen LogP contribution is 2.17. The first-order valence-corrected chi connectivity index (χ1v) is 30.3. The molecular formula is C62H116O6. The first-order chi connectivity index (χ1) is 33.5. The molecule has 0 saturated heterocycles. The van der Waals surface area contributed by atoms with E-state index in [0.29, 0.717) is 19.3 Å². The number of ether oxygens (including phenoxy) is 3. The minimum Gasteiger partial charge on any atom is -0.462 e. The van der Waals surface area contributed by atoms with Gasteiger partial charge in [0.1, 0.15) is 13.2 Å². The van der Waals surface area contributed by atoms with Crippen molar-refractivity contribution in [2.24, 2.45) is 0 Å². The second kappa shape index (κ2) is 57.5. The topological polar surface area (TPSA) is 78.9 Å². The van der Waals surface area contributed by atoms with Crippen molar-refractivity contribution in [2.75, 3.05) is 13.2 Å². The lowest BCUT2D eigenvalue weighted by molar-refractivity contribution is -0.167. The van der Waals surface area contributed by atoms with E-state index < -0.39 is 6.10 Å². The Balaban J connectivity index is 4.29. The van der Waals surface area contributed by atoms with Gasteiger partial charge < -0.3 is 14.2 Å². The third-order valence-electron chi connectivity index (χ3n) is 13.7. The largest absolute Gasteiger partial charge is 0.462 e. The van der Waals surface area contributed by atoms with Gasteiger partial charge >= 0.3 is 17.9 Å². The maximum atomic E-state index is 12.9. The van der Waals surface area contributed by atoms with Gasteiger partial charge in [-0.25, -0.2) is 0 Å². The fraction of sp³-hybridized carbons (Fsp3) is 0.887. The summed E-state index contributed by atoms with van der Waals surface area (Å²) in [5.74, 6) is -0.863. The van der Waals surface area contributed by atoms with Gasteiger partial charge in [-0.1, -0.05) is 270 Å². The molecule has 400 valence electrons. The first kappa shape index (κ1) is 65.9. The Morgan fingerprint density at radius 1 is 0.279 bits per heavy atom. The van der Waals surface area contributed by atoms with Crippen molar-refractivity contribution in [3.05, 3.63) is 24.3 Å². The normalized spacial score (nSPS) is 12.1. The van der Waals surface area contributed by atoms with E-state index in [9.17, 15) is 14.4 Å². The average molecular weight is 958 g/mol. The third kappa shape index (κ3) is 54.8. The van der Waals surface area contributed by atoms with Crippen LogP contribution in [0.2, 0.25) is 0 Å². The average Bonchev–Trinajstić information content (AvgIpc) is 3.34. The number of hydrogen-bond donors (Lipinski definition) is 0. The molecule has 68 heavy (non-hydrogen) atoms. The van der Waals surface area contributed by atoms with Crippen molar-refractivity contribution in [3.63, 3.8) is 0 Å². The van der Waals surface area contributed by atoms with E-state index in [1.807, 2.05) is 0 Å². The molecule has 0 spiro atoms. The van der Waals surface area contributed by atoms with Gasteiger partial charge in [0.05, 0.1) is 0 Å². The first-order valence-electron chi connectivity index (χ1n) is 30.3. The van der Waals surface area contributed by atoms with Crippen LogP contribution < -0.4 is 0 Å².